The first-order valence-electron chi connectivity index (χ1n) is 3.58. The number of hydrogen-bond donors (Lipinski definition) is 3. The number of nitrogens with one attached hydrogen (secondary N) is 1. The minimum Gasteiger partial charge on any atom is -0.502 e. The molecule has 1 aromatic rings. The third kappa shape index (κ3) is 2.22. The van der Waals surface area contributed by atoms with Gasteiger partial charge in [-0.15, -0.1) is 0 Å². The average molecular weight is 277 g/mol. The Balaban J connectivity index is 3.41. The quantitative estimate of drug-likeness (QED) is 0.427. The number of aromatic hydroxyl groups is 1. The van der Waals surface area contributed by atoms with E-state index in [0.717, 1.165) is 12.1 Å². The van der Waals surface area contributed by atoms with E-state index in [1.807, 2.05) is 0 Å². The fourth-order valence-corrected chi connectivity index (χ4v) is 1.40. The Labute approximate surface area is 91.6 Å². The number of hydroxylamine groups is 1. The summed E-state index contributed by atoms with van der Waals surface area (Å²) in [6.07, 6.45) is 0. The zero-order valence-corrected chi connectivity index (χ0v) is 8.69. The summed E-state index contributed by atoms with van der Waals surface area (Å²) in [5, 5.41) is 28.2. The van der Waals surface area contributed by atoms with Crippen molar-refractivity contribution in [1.29, 1.82) is 0 Å². The van der Waals surface area contributed by atoms with Crippen LogP contribution in [0.5, 0.6) is 5.75 Å². The normalized spacial score (nSPS) is 9.73. The van der Waals surface area contributed by atoms with E-state index in [4.69, 9.17) is 5.21 Å². The van der Waals surface area contributed by atoms with Gasteiger partial charge < -0.3 is 5.11 Å². The van der Waals surface area contributed by atoms with Crippen LogP contribution in [0.3, 0.4) is 0 Å². The fraction of sp³-hybridized carbons (Fsp3) is 0. The van der Waals surface area contributed by atoms with Crippen LogP contribution in [-0.2, 0) is 0 Å². The van der Waals surface area contributed by atoms with Gasteiger partial charge in [0, 0.05) is 10.5 Å². The van der Waals surface area contributed by atoms with E-state index < -0.39 is 27.8 Å². The van der Waals surface area contributed by atoms with Gasteiger partial charge in [0.25, 0.3) is 5.91 Å². The number of phenolic OH excluding ortho intramolecular Hbond substituents is 1. The summed E-state index contributed by atoms with van der Waals surface area (Å²) >= 11 is 2.94. The molecule has 0 fully saturated rings. The Hall–Kier alpha value is -1.67. The molecule has 1 amide bonds. The van der Waals surface area contributed by atoms with Gasteiger partial charge in [0.2, 0.25) is 5.75 Å². The highest BCUT2D eigenvalue weighted by atomic mass is 79.9. The number of nitrogens with zero attached hydrogens (tertiary/aromatic N) is 1. The van der Waals surface area contributed by atoms with Crippen LogP contribution in [0.25, 0.3) is 0 Å². The third-order valence-electron chi connectivity index (χ3n) is 1.60. The molecule has 0 radical (unpaired) electrons. The molecule has 0 aromatic heterocycles. The topological polar surface area (TPSA) is 113 Å². The summed E-state index contributed by atoms with van der Waals surface area (Å²) in [4.78, 5) is 20.6. The Bertz CT molecular complexity index is 434. The molecule has 0 atom stereocenters. The molecule has 0 aliphatic rings. The number of rotatable bonds is 2. The standard InChI is InChI=1S/C7H5BrN2O5/c8-3-1-4(7(12)9-13)6(11)5(2-3)10(14)15/h1-2,11,13H,(H,9,12). The van der Waals surface area contributed by atoms with E-state index in [2.05, 4.69) is 15.9 Å². The molecule has 3 N–H and O–H groups in total. The van der Waals surface area contributed by atoms with Gasteiger partial charge in [-0.05, 0) is 6.07 Å². The van der Waals surface area contributed by atoms with Crippen LogP contribution in [0, 0.1) is 10.1 Å². The molecule has 0 bridgehead atoms. The SMILES string of the molecule is O=C(NO)c1cc(Br)cc([N+](=O)[O-])c1O. The number of amides is 1. The number of hydrogen-bond acceptors (Lipinski definition) is 5. The van der Waals surface area contributed by atoms with E-state index in [1.165, 1.54) is 5.48 Å². The molecule has 1 rings (SSSR count). The highest BCUT2D eigenvalue weighted by Gasteiger charge is 2.22. The minimum absolute atomic E-state index is 0.241. The highest BCUT2D eigenvalue weighted by molar-refractivity contribution is 9.10. The van der Waals surface area contributed by atoms with Crippen molar-refractivity contribution in [3.05, 3.63) is 32.3 Å². The second-order valence-corrected chi connectivity index (χ2v) is 3.43. The fourth-order valence-electron chi connectivity index (χ4n) is 0.957. The lowest BCUT2D eigenvalue weighted by molar-refractivity contribution is -0.386. The highest BCUT2D eigenvalue weighted by Crippen LogP contribution is 2.33. The smallest absolute Gasteiger partial charge is 0.312 e. The van der Waals surface area contributed by atoms with Crippen molar-refractivity contribution in [3.8, 4) is 5.75 Å². The van der Waals surface area contributed by atoms with Gasteiger partial charge >= 0.3 is 5.69 Å². The molecule has 0 aliphatic heterocycles. The molecule has 0 spiro atoms. The maximum absolute atomic E-state index is 11.0. The molecule has 8 heteroatoms. The lowest BCUT2D eigenvalue weighted by atomic mass is 10.1. The van der Waals surface area contributed by atoms with Crippen molar-refractivity contribution in [2.24, 2.45) is 0 Å². The predicted octanol–water partition coefficient (Wildman–Crippen LogP) is 1.18. The molecule has 7 nitrogen and oxygen atoms in total. The lowest BCUT2D eigenvalue weighted by Gasteiger charge is -2.03. The second-order valence-electron chi connectivity index (χ2n) is 2.52. The number of halogens is 1. The Morgan fingerprint density at radius 2 is 2.13 bits per heavy atom. The summed E-state index contributed by atoms with van der Waals surface area (Å²) < 4.78 is 0.241. The summed E-state index contributed by atoms with van der Waals surface area (Å²) in [5.41, 5.74) is 0.261. The maximum Gasteiger partial charge on any atom is 0.312 e. The summed E-state index contributed by atoms with van der Waals surface area (Å²) in [5.74, 6) is -1.83. The van der Waals surface area contributed by atoms with Gasteiger partial charge in [0.05, 0.1) is 10.5 Å². The Morgan fingerprint density at radius 1 is 1.53 bits per heavy atom. The monoisotopic (exact) mass is 276 g/mol. The van der Waals surface area contributed by atoms with Crippen molar-refractivity contribution in [2.45, 2.75) is 0 Å². The number of carbonyl (C=O) groups is 1. The molecule has 0 heterocycles. The van der Waals surface area contributed by atoms with Crippen molar-refractivity contribution >= 4 is 27.5 Å². The van der Waals surface area contributed by atoms with Crippen LogP contribution in [0.4, 0.5) is 5.69 Å². The zero-order chi connectivity index (χ0) is 11.6. The Kier molecular flexibility index (Phi) is 3.22. The van der Waals surface area contributed by atoms with Crippen molar-refractivity contribution in [1.82, 2.24) is 5.48 Å². The van der Waals surface area contributed by atoms with Gasteiger partial charge in [-0.3, -0.25) is 20.1 Å². The van der Waals surface area contributed by atoms with Crippen LogP contribution in [-0.4, -0.2) is 21.1 Å². The number of phenols is 1. The van der Waals surface area contributed by atoms with E-state index in [0.29, 0.717) is 0 Å². The third-order valence-corrected chi connectivity index (χ3v) is 2.06. The van der Waals surface area contributed by atoms with Crippen LogP contribution in [0.15, 0.2) is 16.6 Å². The molecule has 15 heavy (non-hydrogen) atoms. The second kappa shape index (κ2) is 4.24. The largest absolute Gasteiger partial charge is 0.502 e. The molecule has 80 valence electrons. The van der Waals surface area contributed by atoms with E-state index in [1.54, 1.807) is 0 Å². The van der Waals surface area contributed by atoms with Crippen molar-refractivity contribution in [2.75, 3.05) is 0 Å². The van der Waals surface area contributed by atoms with E-state index in [-0.39, 0.29) is 4.47 Å². The van der Waals surface area contributed by atoms with Gasteiger partial charge in [-0.1, -0.05) is 15.9 Å². The predicted molar refractivity (Wildman–Crippen MR) is 51.7 cm³/mol. The molecular weight excluding hydrogens is 272 g/mol. The number of nitro groups is 1. The van der Waals surface area contributed by atoms with Crippen LogP contribution in [0.2, 0.25) is 0 Å². The maximum atomic E-state index is 11.0. The van der Waals surface area contributed by atoms with Crippen molar-refractivity contribution in [3.63, 3.8) is 0 Å². The number of benzene rings is 1. The molecule has 0 aliphatic carbocycles. The first-order chi connectivity index (χ1) is 6.97. The van der Waals surface area contributed by atoms with Crippen LogP contribution >= 0.6 is 15.9 Å². The van der Waals surface area contributed by atoms with Crippen molar-refractivity contribution < 1.29 is 20.0 Å². The van der Waals surface area contributed by atoms with E-state index in [9.17, 15) is 20.0 Å². The van der Waals surface area contributed by atoms with Gasteiger partial charge in [0.1, 0.15) is 0 Å². The minimum atomic E-state index is -1.03. The number of nitro benzene ring substituents is 1. The van der Waals surface area contributed by atoms with Gasteiger partial charge in [-0.25, -0.2) is 5.48 Å². The lowest BCUT2D eigenvalue weighted by Crippen LogP contribution is -2.19. The van der Waals surface area contributed by atoms with Gasteiger partial charge in [0.15, 0.2) is 0 Å². The average Bonchev–Trinajstić information content (AvgIpc) is 2.19. The first kappa shape index (κ1) is 11.4. The molecule has 0 saturated heterocycles. The Morgan fingerprint density at radius 3 is 2.60 bits per heavy atom. The molecular formula is C7H5BrN2O5. The molecule has 1 aromatic carbocycles. The van der Waals surface area contributed by atoms with Crippen LogP contribution < -0.4 is 5.48 Å². The zero-order valence-electron chi connectivity index (χ0n) is 7.10. The summed E-state index contributed by atoms with van der Waals surface area (Å²) in [6, 6.07) is 2.19. The molecule has 0 saturated carbocycles. The van der Waals surface area contributed by atoms with E-state index >= 15 is 0 Å². The summed E-state index contributed by atoms with van der Waals surface area (Å²) in [7, 11) is 0. The number of carbonyl (C=O) groups excluding carboxylic acids is 1. The summed E-state index contributed by atoms with van der Waals surface area (Å²) in [6.45, 7) is 0. The van der Waals surface area contributed by atoms with Crippen LogP contribution in [0.1, 0.15) is 10.4 Å². The first-order valence-corrected chi connectivity index (χ1v) is 4.38. The molecule has 0 unspecified atom stereocenters. The van der Waals surface area contributed by atoms with Gasteiger partial charge in [-0.2, -0.15) is 0 Å².